The number of rotatable bonds is 4. The standard InChI is InChI=1S/C19H18O3/c1-5-14-12-18(21-3)19(22-4)13-16(14)11-10-15-8-6-7-9-17(15)20-2/h5-9,12-13H,1H2,2-4H3. The van der Waals surface area contributed by atoms with E-state index < -0.39 is 0 Å². The van der Waals surface area contributed by atoms with E-state index in [0.29, 0.717) is 11.5 Å². The molecule has 0 bridgehead atoms. The van der Waals surface area contributed by atoms with Crippen LogP contribution in [-0.2, 0) is 0 Å². The molecule has 0 aliphatic rings. The summed E-state index contributed by atoms with van der Waals surface area (Å²) in [5.74, 6) is 8.30. The molecule has 3 heteroatoms. The first-order valence-corrected chi connectivity index (χ1v) is 6.77. The molecule has 0 saturated heterocycles. The van der Waals surface area contributed by atoms with Crippen LogP contribution in [0.25, 0.3) is 6.08 Å². The lowest BCUT2D eigenvalue weighted by atomic mass is 10.1. The van der Waals surface area contributed by atoms with Crippen molar-refractivity contribution in [1.29, 1.82) is 0 Å². The Morgan fingerprint density at radius 2 is 1.41 bits per heavy atom. The molecule has 0 N–H and O–H groups in total. The number of hydrogen-bond acceptors (Lipinski definition) is 3. The minimum absolute atomic E-state index is 0.637. The molecule has 0 aliphatic carbocycles. The lowest BCUT2D eigenvalue weighted by molar-refractivity contribution is 0.355. The van der Waals surface area contributed by atoms with Gasteiger partial charge in [-0.3, -0.25) is 0 Å². The minimum atomic E-state index is 0.637. The van der Waals surface area contributed by atoms with Crippen LogP contribution in [0.3, 0.4) is 0 Å². The van der Waals surface area contributed by atoms with Crippen molar-refractivity contribution in [1.82, 2.24) is 0 Å². The summed E-state index contributed by atoms with van der Waals surface area (Å²) in [6.45, 7) is 3.82. The summed E-state index contributed by atoms with van der Waals surface area (Å²) in [6.07, 6.45) is 1.74. The van der Waals surface area contributed by atoms with E-state index in [1.807, 2.05) is 36.4 Å². The Morgan fingerprint density at radius 1 is 0.818 bits per heavy atom. The summed E-state index contributed by atoms with van der Waals surface area (Å²) in [4.78, 5) is 0. The zero-order chi connectivity index (χ0) is 15.9. The van der Waals surface area contributed by atoms with Crippen LogP contribution in [0.1, 0.15) is 16.7 Å². The van der Waals surface area contributed by atoms with Crippen molar-refractivity contribution in [2.24, 2.45) is 0 Å². The minimum Gasteiger partial charge on any atom is -0.495 e. The molecule has 0 unspecified atom stereocenters. The van der Waals surface area contributed by atoms with Crippen molar-refractivity contribution < 1.29 is 14.2 Å². The third kappa shape index (κ3) is 3.24. The molecule has 0 atom stereocenters. The molecule has 112 valence electrons. The van der Waals surface area contributed by atoms with E-state index in [1.165, 1.54) is 0 Å². The molecule has 0 aliphatic heterocycles. The predicted octanol–water partition coefficient (Wildman–Crippen LogP) is 3.76. The molecule has 2 aromatic rings. The zero-order valence-corrected chi connectivity index (χ0v) is 13.0. The number of para-hydroxylation sites is 1. The molecule has 2 rings (SSSR count). The Morgan fingerprint density at radius 3 is 2.05 bits per heavy atom. The highest BCUT2D eigenvalue weighted by molar-refractivity contribution is 5.65. The van der Waals surface area contributed by atoms with Gasteiger partial charge in [0.2, 0.25) is 0 Å². The quantitative estimate of drug-likeness (QED) is 0.804. The molecule has 0 radical (unpaired) electrons. The Labute approximate surface area is 131 Å². The van der Waals surface area contributed by atoms with Gasteiger partial charge in [-0.05, 0) is 23.8 Å². The SMILES string of the molecule is C=Cc1cc(OC)c(OC)cc1C#Cc1ccccc1OC. The average molecular weight is 294 g/mol. The van der Waals surface area contributed by atoms with Gasteiger partial charge in [0.05, 0.1) is 26.9 Å². The van der Waals surface area contributed by atoms with Crippen LogP contribution in [0, 0.1) is 11.8 Å². The summed E-state index contributed by atoms with van der Waals surface area (Å²) in [6, 6.07) is 11.3. The molecular formula is C19H18O3. The van der Waals surface area contributed by atoms with Gasteiger partial charge >= 0.3 is 0 Å². The molecule has 22 heavy (non-hydrogen) atoms. The van der Waals surface area contributed by atoms with Gasteiger partial charge in [-0.1, -0.05) is 36.6 Å². The van der Waals surface area contributed by atoms with Gasteiger partial charge in [0.25, 0.3) is 0 Å². The predicted molar refractivity (Wildman–Crippen MR) is 88.6 cm³/mol. The van der Waals surface area contributed by atoms with E-state index in [9.17, 15) is 0 Å². The third-order valence-corrected chi connectivity index (χ3v) is 3.21. The van der Waals surface area contributed by atoms with Gasteiger partial charge in [0.1, 0.15) is 5.75 Å². The number of benzene rings is 2. The van der Waals surface area contributed by atoms with Crippen LogP contribution in [0.5, 0.6) is 17.2 Å². The van der Waals surface area contributed by atoms with Crippen LogP contribution < -0.4 is 14.2 Å². The van der Waals surface area contributed by atoms with Crippen molar-refractivity contribution in [2.45, 2.75) is 0 Å². The first kappa shape index (κ1) is 15.5. The zero-order valence-electron chi connectivity index (χ0n) is 13.0. The first-order valence-electron chi connectivity index (χ1n) is 6.77. The average Bonchev–Trinajstić information content (AvgIpc) is 2.59. The second-order valence-electron chi connectivity index (χ2n) is 4.45. The second-order valence-corrected chi connectivity index (χ2v) is 4.45. The molecule has 0 aromatic heterocycles. The summed E-state index contributed by atoms with van der Waals surface area (Å²) >= 11 is 0. The molecule has 0 saturated carbocycles. The highest BCUT2D eigenvalue weighted by Crippen LogP contribution is 2.30. The lowest BCUT2D eigenvalue weighted by Gasteiger charge is -2.10. The molecule has 0 amide bonds. The Kier molecular flexibility index (Phi) is 5.11. The maximum absolute atomic E-state index is 5.32. The lowest BCUT2D eigenvalue weighted by Crippen LogP contribution is -1.93. The highest BCUT2D eigenvalue weighted by atomic mass is 16.5. The van der Waals surface area contributed by atoms with Crippen molar-refractivity contribution in [3.05, 3.63) is 59.7 Å². The fourth-order valence-corrected chi connectivity index (χ4v) is 2.05. The maximum atomic E-state index is 5.32. The monoisotopic (exact) mass is 294 g/mol. The summed E-state index contributed by atoms with van der Waals surface area (Å²) < 4.78 is 15.9. The van der Waals surface area contributed by atoms with Crippen molar-refractivity contribution in [3.63, 3.8) is 0 Å². The number of methoxy groups -OCH3 is 3. The molecule has 0 fully saturated rings. The number of hydrogen-bond donors (Lipinski definition) is 0. The van der Waals surface area contributed by atoms with E-state index in [4.69, 9.17) is 14.2 Å². The Balaban J connectivity index is 2.50. The van der Waals surface area contributed by atoms with Gasteiger partial charge < -0.3 is 14.2 Å². The van der Waals surface area contributed by atoms with Crippen molar-refractivity contribution >= 4 is 6.08 Å². The largest absolute Gasteiger partial charge is 0.495 e. The Bertz CT molecular complexity index is 736. The van der Waals surface area contributed by atoms with E-state index in [2.05, 4.69) is 18.4 Å². The number of ether oxygens (including phenoxy) is 3. The molecule has 2 aromatic carbocycles. The second kappa shape index (κ2) is 7.24. The molecule has 0 heterocycles. The van der Waals surface area contributed by atoms with Crippen LogP contribution >= 0.6 is 0 Å². The van der Waals surface area contributed by atoms with E-state index >= 15 is 0 Å². The summed E-state index contributed by atoms with van der Waals surface area (Å²) in [7, 11) is 4.83. The first-order chi connectivity index (χ1) is 10.7. The van der Waals surface area contributed by atoms with Crippen LogP contribution in [-0.4, -0.2) is 21.3 Å². The van der Waals surface area contributed by atoms with Gasteiger partial charge in [0, 0.05) is 11.6 Å². The topological polar surface area (TPSA) is 27.7 Å². The van der Waals surface area contributed by atoms with Crippen LogP contribution in [0.4, 0.5) is 0 Å². The summed E-state index contributed by atoms with van der Waals surface area (Å²) in [5, 5.41) is 0. The Hall–Kier alpha value is -2.86. The van der Waals surface area contributed by atoms with Gasteiger partial charge in [0.15, 0.2) is 11.5 Å². The maximum Gasteiger partial charge on any atom is 0.162 e. The van der Waals surface area contributed by atoms with Crippen molar-refractivity contribution in [2.75, 3.05) is 21.3 Å². The van der Waals surface area contributed by atoms with Gasteiger partial charge in [-0.25, -0.2) is 0 Å². The van der Waals surface area contributed by atoms with Gasteiger partial charge in [-0.15, -0.1) is 0 Å². The normalized spacial score (nSPS) is 9.41. The van der Waals surface area contributed by atoms with E-state index in [0.717, 1.165) is 22.4 Å². The fraction of sp³-hybridized carbons (Fsp3) is 0.158. The van der Waals surface area contributed by atoms with E-state index in [-0.39, 0.29) is 0 Å². The summed E-state index contributed by atoms with van der Waals surface area (Å²) in [5.41, 5.74) is 2.54. The van der Waals surface area contributed by atoms with Crippen LogP contribution in [0.15, 0.2) is 43.0 Å². The highest BCUT2D eigenvalue weighted by Gasteiger charge is 2.08. The third-order valence-electron chi connectivity index (χ3n) is 3.21. The molecule has 3 nitrogen and oxygen atoms in total. The smallest absolute Gasteiger partial charge is 0.162 e. The van der Waals surface area contributed by atoms with Crippen LogP contribution in [0.2, 0.25) is 0 Å². The van der Waals surface area contributed by atoms with E-state index in [1.54, 1.807) is 27.4 Å². The molecule has 0 spiro atoms. The fourth-order valence-electron chi connectivity index (χ4n) is 2.05. The van der Waals surface area contributed by atoms with Crippen molar-refractivity contribution in [3.8, 4) is 29.1 Å². The van der Waals surface area contributed by atoms with Gasteiger partial charge in [-0.2, -0.15) is 0 Å². The molecular weight excluding hydrogens is 276 g/mol.